The molecule has 3 heterocycles. The summed E-state index contributed by atoms with van der Waals surface area (Å²) in [5.74, 6) is 0.350. The third-order valence-corrected chi connectivity index (χ3v) is 9.60. The minimum absolute atomic E-state index is 0.0658. The molecule has 0 saturated carbocycles. The van der Waals surface area contributed by atoms with Crippen LogP contribution < -0.4 is 19.5 Å². The summed E-state index contributed by atoms with van der Waals surface area (Å²) in [6.07, 6.45) is 2.64. The number of nitrogens with zero attached hydrogens (tertiary/aromatic N) is 1. The minimum atomic E-state index is -0.490. The smallest absolute Gasteiger partial charge is 0.338 e. The van der Waals surface area contributed by atoms with Crippen molar-refractivity contribution in [3.8, 4) is 17.2 Å². The lowest BCUT2D eigenvalue weighted by Gasteiger charge is -2.57. The van der Waals surface area contributed by atoms with E-state index < -0.39 is 22.9 Å². The highest BCUT2D eigenvalue weighted by molar-refractivity contribution is 5.94. The van der Waals surface area contributed by atoms with Crippen LogP contribution in [0.1, 0.15) is 48.5 Å². The number of esters is 2. The van der Waals surface area contributed by atoms with E-state index in [1.165, 1.54) is 34.0 Å². The van der Waals surface area contributed by atoms with Crippen LogP contribution in [-0.2, 0) is 19.7 Å². The van der Waals surface area contributed by atoms with Gasteiger partial charge in [-0.2, -0.15) is 0 Å². The molecule has 2 fully saturated rings. The molecule has 0 aromatic heterocycles. The number of carbonyl (C=O) groups excluding carboxylic acids is 2. The molecule has 2 aromatic rings. The number of hydrogen-bond donors (Lipinski definition) is 1. The predicted octanol–water partition coefficient (Wildman–Crippen LogP) is 4.31. The highest BCUT2D eigenvalue weighted by atomic mass is 16.5. The number of rotatable bonds is 7. The van der Waals surface area contributed by atoms with Crippen LogP contribution in [0.25, 0.3) is 0 Å². The van der Waals surface area contributed by atoms with E-state index in [1.54, 1.807) is 12.1 Å². The molecular weight excluding hydrogens is 512 g/mol. The van der Waals surface area contributed by atoms with Gasteiger partial charge in [0.1, 0.15) is 6.10 Å². The van der Waals surface area contributed by atoms with Gasteiger partial charge >= 0.3 is 11.9 Å². The Kier molecular flexibility index (Phi) is 6.45. The fourth-order valence-electron chi connectivity index (χ4n) is 8.01. The van der Waals surface area contributed by atoms with E-state index in [1.807, 2.05) is 13.0 Å². The van der Waals surface area contributed by atoms with Crippen LogP contribution in [0, 0.1) is 5.41 Å². The minimum Gasteiger partial charge on any atom is -0.493 e. The zero-order valence-electron chi connectivity index (χ0n) is 23.7. The molecule has 0 bridgehead atoms. The number of hydrogen-bond acceptors (Lipinski definition) is 9. The first-order chi connectivity index (χ1) is 19.3. The SMILES string of the molecule is COC(=O)C1=C2Nc3ccccc3C23CCN2CCCC(C(C)OC(=O)c4cc(OC)c(OC)c(OC)c4)(C1)C23. The molecule has 3 aliphatic heterocycles. The summed E-state index contributed by atoms with van der Waals surface area (Å²) in [5.41, 5.74) is 3.25. The lowest BCUT2D eigenvalue weighted by atomic mass is 9.53. The summed E-state index contributed by atoms with van der Waals surface area (Å²) < 4.78 is 28.0. The Morgan fingerprint density at radius 3 is 2.38 bits per heavy atom. The Balaban J connectivity index is 1.44. The number of piperidine rings is 1. The largest absolute Gasteiger partial charge is 0.493 e. The summed E-state index contributed by atoms with van der Waals surface area (Å²) >= 11 is 0. The van der Waals surface area contributed by atoms with Crippen LogP contribution in [0.15, 0.2) is 47.7 Å². The van der Waals surface area contributed by atoms with Crippen molar-refractivity contribution in [3.63, 3.8) is 0 Å². The van der Waals surface area contributed by atoms with Gasteiger partial charge in [-0.05, 0) is 69.5 Å². The van der Waals surface area contributed by atoms with Gasteiger partial charge in [-0.15, -0.1) is 0 Å². The first-order valence-corrected chi connectivity index (χ1v) is 13.8. The number of para-hydroxylation sites is 1. The van der Waals surface area contributed by atoms with Crippen molar-refractivity contribution in [2.24, 2.45) is 5.41 Å². The molecule has 4 aliphatic rings. The molecule has 40 heavy (non-hydrogen) atoms. The molecule has 9 nitrogen and oxygen atoms in total. The highest BCUT2D eigenvalue weighted by Gasteiger charge is 2.68. The maximum Gasteiger partial charge on any atom is 0.338 e. The second-order valence-corrected chi connectivity index (χ2v) is 11.2. The van der Waals surface area contributed by atoms with Crippen LogP contribution in [0.2, 0.25) is 0 Å². The van der Waals surface area contributed by atoms with Gasteiger partial charge in [0.05, 0.1) is 45.0 Å². The van der Waals surface area contributed by atoms with Crippen molar-refractivity contribution >= 4 is 17.6 Å². The zero-order valence-corrected chi connectivity index (χ0v) is 23.7. The highest BCUT2D eigenvalue weighted by Crippen LogP contribution is 2.65. The quantitative estimate of drug-likeness (QED) is 0.508. The maximum atomic E-state index is 13.7. The van der Waals surface area contributed by atoms with Crippen molar-refractivity contribution < 1.29 is 33.3 Å². The second-order valence-electron chi connectivity index (χ2n) is 11.2. The van der Waals surface area contributed by atoms with Crippen molar-refractivity contribution in [2.75, 3.05) is 46.8 Å². The van der Waals surface area contributed by atoms with E-state index in [4.69, 9.17) is 23.7 Å². The molecule has 212 valence electrons. The monoisotopic (exact) mass is 548 g/mol. The van der Waals surface area contributed by atoms with Gasteiger partial charge < -0.3 is 29.0 Å². The Labute approximate surface area is 234 Å². The average molecular weight is 549 g/mol. The Bertz CT molecular complexity index is 1380. The number of anilines is 1. The second kappa shape index (κ2) is 9.73. The van der Waals surface area contributed by atoms with Crippen molar-refractivity contribution in [1.82, 2.24) is 4.90 Å². The van der Waals surface area contributed by atoms with Crippen molar-refractivity contribution in [2.45, 2.75) is 50.2 Å². The molecule has 1 spiro atoms. The van der Waals surface area contributed by atoms with E-state index in [9.17, 15) is 9.59 Å². The number of carbonyl (C=O) groups is 2. The fourth-order valence-corrected chi connectivity index (χ4v) is 8.01. The Hall–Kier alpha value is -3.72. The molecule has 9 heteroatoms. The van der Waals surface area contributed by atoms with Gasteiger partial charge in [0, 0.05) is 22.8 Å². The van der Waals surface area contributed by atoms with Gasteiger partial charge in [-0.3, -0.25) is 4.90 Å². The van der Waals surface area contributed by atoms with Crippen LogP contribution in [0.5, 0.6) is 17.2 Å². The number of benzene rings is 2. The normalized spacial score (nSPS) is 27.1. The van der Waals surface area contributed by atoms with Gasteiger partial charge in [0.25, 0.3) is 0 Å². The number of nitrogens with one attached hydrogen (secondary N) is 1. The topological polar surface area (TPSA) is 95.6 Å². The average Bonchev–Trinajstić information content (AvgIpc) is 3.55. The molecule has 1 aliphatic carbocycles. The summed E-state index contributed by atoms with van der Waals surface area (Å²) in [7, 11) is 5.97. The molecule has 4 unspecified atom stereocenters. The standard InChI is InChI=1S/C31H36N2O7/c1-18(40-27(34)19-15-23(36-2)25(38-4)24(16-19)37-3)30-11-8-13-33-14-12-31(29(30)33)21-9-6-7-10-22(21)32-26(31)20(17-30)28(35)39-5/h6-7,9-10,15-16,18,29,32H,8,11-14,17H2,1-5H3. The maximum absolute atomic E-state index is 13.7. The van der Waals surface area contributed by atoms with E-state index in [2.05, 4.69) is 28.4 Å². The van der Waals surface area contributed by atoms with E-state index in [0.717, 1.165) is 43.7 Å². The molecular formula is C31H36N2O7. The molecule has 0 radical (unpaired) electrons. The van der Waals surface area contributed by atoms with Crippen LogP contribution in [0.4, 0.5) is 5.69 Å². The summed E-state index contributed by atoms with van der Waals surface area (Å²) in [5, 5.41) is 3.62. The molecule has 1 N–H and O–H groups in total. The number of methoxy groups -OCH3 is 4. The molecule has 0 amide bonds. The zero-order chi connectivity index (χ0) is 28.2. The van der Waals surface area contributed by atoms with Gasteiger partial charge in [-0.1, -0.05) is 18.2 Å². The van der Waals surface area contributed by atoms with Gasteiger partial charge in [0.2, 0.25) is 5.75 Å². The number of fused-ring (bicyclic) bond motifs is 1. The predicted molar refractivity (Wildman–Crippen MR) is 148 cm³/mol. The van der Waals surface area contributed by atoms with E-state index in [0.29, 0.717) is 34.8 Å². The molecule has 2 saturated heterocycles. The van der Waals surface area contributed by atoms with E-state index in [-0.39, 0.29) is 12.0 Å². The number of ether oxygens (including phenoxy) is 5. The Morgan fingerprint density at radius 1 is 0.975 bits per heavy atom. The summed E-state index contributed by atoms with van der Waals surface area (Å²) in [6, 6.07) is 11.6. The third kappa shape index (κ3) is 3.56. The lowest BCUT2D eigenvalue weighted by molar-refractivity contribution is -0.138. The van der Waals surface area contributed by atoms with Crippen LogP contribution in [0.3, 0.4) is 0 Å². The fraction of sp³-hybridized carbons (Fsp3) is 0.484. The molecule has 4 atom stereocenters. The summed E-state index contributed by atoms with van der Waals surface area (Å²) in [6.45, 7) is 3.86. The molecule has 6 rings (SSSR count). The van der Waals surface area contributed by atoms with E-state index >= 15 is 0 Å². The van der Waals surface area contributed by atoms with Crippen LogP contribution >= 0.6 is 0 Å². The Morgan fingerprint density at radius 2 is 1.70 bits per heavy atom. The van der Waals surface area contributed by atoms with Crippen molar-refractivity contribution in [1.29, 1.82) is 0 Å². The van der Waals surface area contributed by atoms with Crippen molar-refractivity contribution in [3.05, 3.63) is 58.8 Å². The third-order valence-electron chi connectivity index (χ3n) is 9.60. The lowest BCUT2D eigenvalue weighted by Crippen LogP contribution is -2.64. The van der Waals surface area contributed by atoms with Crippen LogP contribution in [-0.4, -0.2) is 70.5 Å². The summed E-state index contributed by atoms with van der Waals surface area (Å²) in [4.78, 5) is 29.6. The van der Waals surface area contributed by atoms with Gasteiger partial charge in [0.15, 0.2) is 11.5 Å². The first kappa shape index (κ1) is 26.5. The molecule has 2 aromatic carbocycles. The first-order valence-electron chi connectivity index (χ1n) is 13.8. The van der Waals surface area contributed by atoms with Gasteiger partial charge in [-0.25, -0.2) is 9.59 Å².